The SMILES string of the molecule is CCCN(C)CC(C)(C)CC. The average molecular weight is 157 g/mol. The first-order valence-corrected chi connectivity index (χ1v) is 4.70. The molecule has 0 aliphatic rings. The molecule has 0 amide bonds. The van der Waals surface area contributed by atoms with E-state index in [4.69, 9.17) is 0 Å². The number of hydrogen-bond donors (Lipinski definition) is 0. The predicted molar refractivity (Wildman–Crippen MR) is 51.9 cm³/mol. The van der Waals surface area contributed by atoms with Gasteiger partial charge in [-0.15, -0.1) is 0 Å². The van der Waals surface area contributed by atoms with Crippen LogP contribution in [0.1, 0.15) is 40.5 Å². The van der Waals surface area contributed by atoms with Crippen LogP contribution in [0.25, 0.3) is 0 Å². The van der Waals surface area contributed by atoms with Crippen molar-refractivity contribution in [2.24, 2.45) is 5.41 Å². The fraction of sp³-hybridized carbons (Fsp3) is 1.00. The highest BCUT2D eigenvalue weighted by Gasteiger charge is 2.16. The van der Waals surface area contributed by atoms with Gasteiger partial charge >= 0.3 is 0 Å². The first kappa shape index (κ1) is 11.0. The normalized spacial score (nSPS) is 12.5. The second kappa shape index (κ2) is 4.76. The summed E-state index contributed by atoms with van der Waals surface area (Å²) in [5.74, 6) is 0. The van der Waals surface area contributed by atoms with E-state index in [1.54, 1.807) is 0 Å². The summed E-state index contributed by atoms with van der Waals surface area (Å²) in [7, 11) is 2.21. The molecule has 0 aliphatic carbocycles. The van der Waals surface area contributed by atoms with Crippen LogP contribution < -0.4 is 0 Å². The highest BCUT2D eigenvalue weighted by Crippen LogP contribution is 2.20. The maximum Gasteiger partial charge on any atom is 0.00295 e. The Morgan fingerprint density at radius 2 is 1.73 bits per heavy atom. The zero-order chi connectivity index (χ0) is 8.91. The number of nitrogens with zero attached hydrogens (tertiary/aromatic N) is 1. The van der Waals surface area contributed by atoms with Crippen LogP contribution in [0.2, 0.25) is 0 Å². The van der Waals surface area contributed by atoms with Crippen LogP contribution in [-0.4, -0.2) is 25.0 Å². The molecule has 0 aromatic heterocycles. The van der Waals surface area contributed by atoms with Crippen LogP contribution in [0.5, 0.6) is 0 Å². The molecule has 0 rings (SSSR count). The average Bonchev–Trinajstić information content (AvgIpc) is 1.87. The fourth-order valence-electron chi connectivity index (χ4n) is 1.30. The first-order valence-electron chi connectivity index (χ1n) is 4.70. The summed E-state index contributed by atoms with van der Waals surface area (Å²) in [5, 5.41) is 0. The molecule has 0 unspecified atom stereocenters. The van der Waals surface area contributed by atoms with Crippen LogP contribution in [-0.2, 0) is 0 Å². The summed E-state index contributed by atoms with van der Waals surface area (Å²) >= 11 is 0. The zero-order valence-electron chi connectivity index (χ0n) is 8.78. The van der Waals surface area contributed by atoms with Crippen molar-refractivity contribution in [1.82, 2.24) is 4.90 Å². The van der Waals surface area contributed by atoms with E-state index in [-0.39, 0.29) is 0 Å². The van der Waals surface area contributed by atoms with Crippen molar-refractivity contribution >= 4 is 0 Å². The Morgan fingerprint density at radius 3 is 2.09 bits per heavy atom. The molecule has 1 heteroatoms. The summed E-state index contributed by atoms with van der Waals surface area (Å²) in [6, 6.07) is 0. The quantitative estimate of drug-likeness (QED) is 0.593. The van der Waals surface area contributed by atoms with Crippen molar-refractivity contribution < 1.29 is 0 Å². The lowest BCUT2D eigenvalue weighted by molar-refractivity contribution is 0.204. The van der Waals surface area contributed by atoms with Gasteiger partial charge in [0.15, 0.2) is 0 Å². The second-order valence-corrected chi connectivity index (χ2v) is 4.26. The van der Waals surface area contributed by atoms with Crippen molar-refractivity contribution in [3.63, 3.8) is 0 Å². The standard InChI is InChI=1S/C10H23N/c1-6-8-11(5)9-10(3,4)7-2/h6-9H2,1-5H3. The third-order valence-corrected chi connectivity index (χ3v) is 2.26. The third-order valence-electron chi connectivity index (χ3n) is 2.26. The molecule has 0 atom stereocenters. The Kier molecular flexibility index (Phi) is 4.74. The van der Waals surface area contributed by atoms with E-state index < -0.39 is 0 Å². The van der Waals surface area contributed by atoms with Gasteiger partial charge in [-0.2, -0.15) is 0 Å². The van der Waals surface area contributed by atoms with Crippen molar-refractivity contribution in [2.45, 2.75) is 40.5 Å². The lowest BCUT2D eigenvalue weighted by atomic mass is 9.90. The van der Waals surface area contributed by atoms with E-state index in [1.807, 2.05) is 0 Å². The van der Waals surface area contributed by atoms with Gasteiger partial charge in [-0.05, 0) is 31.8 Å². The molecule has 0 bridgehead atoms. The van der Waals surface area contributed by atoms with Crippen molar-refractivity contribution in [3.05, 3.63) is 0 Å². The topological polar surface area (TPSA) is 3.24 Å². The highest BCUT2D eigenvalue weighted by molar-refractivity contribution is 4.69. The van der Waals surface area contributed by atoms with Gasteiger partial charge < -0.3 is 4.90 Å². The molecular weight excluding hydrogens is 134 g/mol. The maximum atomic E-state index is 2.42. The monoisotopic (exact) mass is 157 g/mol. The number of hydrogen-bond acceptors (Lipinski definition) is 1. The molecule has 0 aliphatic heterocycles. The van der Waals surface area contributed by atoms with Gasteiger partial charge in [0.2, 0.25) is 0 Å². The smallest absolute Gasteiger partial charge is 0.00295 e. The summed E-state index contributed by atoms with van der Waals surface area (Å²) in [6.45, 7) is 11.6. The minimum atomic E-state index is 0.490. The summed E-state index contributed by atoms with van der Waals surface area (Å²) < 4.78 is 0. The molecule has 11 heavy (non-hydrogen) atoms. The Balaban J connectivity index is 3.64. The lowest BCUT2D eigenvalue weighted by Gasteiger charge is -2.28. The van der Waals surface area contributed by atoms with Crippen molar-refractivity contribution in [1.29, 1.82) is 0 Å². The van der Waals surface area contributed by atoms with E-state index in [0.717, 1.165) is 0 Å². The van der Waals surface area contributed by atoms with Gasteiger partial charge in [0.25, 0.3) is 0 Å². The minimum Gasteiger partial charge on any atom is -0.306 e. The predicted octanol–water partition coefficient (Wildman–Crippen LogP) is 2.76. The molecule has 0 saturated heterocycles. The van der Waals surface area contributed by atoms with Gasteiger partial charge in [0, 0.05) is 6.54 Å². The Morgan fingerprint density at radius 1 is 1.18 bits per heavy atom. The number of rotatable bonds is 5. The zero-order valence-corrected chi connectivity index (χ0v) is 8.78. The lowest BCUT2D eigenvalue weighted by Crippen LogP contribution is -2.31. The van der Waals surface area contributed by atoms with Crippen LogP contribution in [0.3, 0.4) is 0 Å². The van der Waals surface area contributed by atoms with Gasteiger partial charge in [0.05, 0.1) is 0 Å². The van der Waals surface area contributed by atoms with Crippen molar-refractivity contribution in [3.8, 4) is 0 Å². The Bertz CT molecular complexity index is 97.0. The van der Waals surface area contributed by atoms with Crippen LogP contribution in [0.4, 0.5) is 0 Å². The third kappa shape index (κ3) is 5.25. The van der Waals surface area contributed by atoms with Gasteiger partial charge in [0.1, 0.15) is 0 Å². The Labute approximate surface area is 71.8 Å². The molecule has 0 aromatic rings. The van der Waals surface area contributed by atoms with Gasteiger partial charge in [-0.3, -0.25) is 0 Å². The largest absolute Gasteiger partial charge is 0.306 e. The van der Waals surface area contributed by atoms with Crippen LogP contribution in [0.15, 0.2) is 0 Å². The van der Waals surface area contributed by atoms with E-state index in [9.17, 15) is 0 Å². The second-order valence-electron chi connectivity index (χ2n) is 4.26. The van der Waals surface area contributed by atoms with Gasteiger partial charge in [-0.1, -0.05) is 27.7 Å². The van der Waals surface area contributed by atoms with Crippen molar-refractivity contribution in [2.75, 3.05) is 20.1 Å². The maximum absolute atomic E-state index is 2.42. The molecular formula is C10H23N. The summed E-state index contributed by atoms with van der Waals surface area (Å²) in [6.07, 6.45) is 2.53. The molecule has 0 fully saturated rings. The molecule has 0 aromatic carbocycles. The molecule has 1 nitrogen and oxygen atoms in total. The van der Waals surface area contributed by atoms with E-state index in [2.05, 4.69) is 39.6 Å². The Hall–Kier alpha value is -0.0400. The summed E-state index contributed by atoms with van der Waals surface area (Å²) in [5.41, 5.74) is 0.490. The van der Waals surface area contributed by atoms with E-state index in [0.29, 0.717) is 5.41 Å². The highest BCUT2D eigenvalue weighted by atomic mass is 15.1. The molecule has 0 heterocycles. The van der Waals surface area contributed by atoms with Crippen LogP contribution in [0, 0.1) is 5.41 Å². The van der Waals surface area contributed by atoms with E-state index >= 15 is 0 Å². The molecule has 68 valence electrons. The minimum absolute atomic E-state index is 0.490. The molecule has 0 N–H and O–H groups in total. The van der Waals surface area contributed by atoms with E-state index in [1.165, 1.54) is 25.9 Å². The van der Waals surface area contributed by atoms with Crippen LogP contribution >= 0.6 is 0 Å². The summed E-state index contributed by atoms with van der Waals surface area (Å²) in [4.78, 5) is 2.42. The molecule has 0 saturated carbocycles. The molecule has 0 spiro atoms. The van der Waals surface area contributed by atoms with Gasteiger partial charge in [-0.25, -0.2) is 0 Å². The first-order chi connectivity index (χ1) is 5.02. The molecule has 0 radical (unpaired) electrons. The fourth-order valence-corrected chi connectivity index (χ4v) is 1.30.